The Hall–Kier alpha value is -1.22. The molecule has 1 heterocycles. The highest BCUT2D eigenvalue weighted by Crippen LogP contribution is 2.17. The third-order valence-electron chi connectivity index (χ3n) is 2.61. The van der Waals surface area contributed by atoms with Gasteiger partial charge in [-0.15, -0.1) is 0 Å². The van der Waals surface area contributed by atoms with Gasteiger partial charge < -0.3 is 15.4 Å². The molecule has 1 fully saturated rings. The predicted octanol–water partition coefficient (Wildman–Crippen LogP) is 0.443. The number of hydrogen-bond acceptors (Lipinski definition) is 2. The molecule has 1 saturated heterocycles. The Kier molecular flexibility index (Phi) is 2.89. The Bertz CT molecular complexity index is 295. The number of rotatable bonds is 3. The molecule has 0 bridgehead atoms. The van der Waals surface area contributed by atoms with Crippen LogP contribution in [-0.4, -0.2) is 26.2 Å². The van der Waals surface area contributed by atoms with E-state index in [4.69, 9.17) is 4.74 Å². The number of nitrogens with one attached hydrogen (secondary N) is 1. The maximum absolute atomic E-state index is 5.17. The van der Waals surface area contributed by atoms with E-state index in [1.165, 1.54) is 19.5 Å². The minimum Gasteiger partial charge on any atom is -0.497 e. The standard InChI is InChI=1S/C11H16N2O/c1-14-11-4-2-3-9(7-11)13-10-5-6-12-8-10/h2-4,7,10,12-13H,5-6,8H2,1H3/p+1/t10-/m0/s1. The molecule has 0 unspecified atom stereocenters. The summed E-state index contributed by atoms with van der Waals surface area (Å²) in [4.78, 5) is 0. The molecule has 1 aliphatic rings. The van der Waals surface area contributed by atoms with E-state index in [9.17, 15) is 0 Å². The van der Waals surface area contributed by atoms with E-state index >= 15 is 0 Å². The Morgan fingerprint density at radius 3 is 3.14 bits per heavy atom. The van der Waals surface area contributed by atoms with Crippen molar-refractivity contribution in [1.29, 1.82) is 0 Å². The zero-order valence-corrected chi connectivity index (χ0v) is 8.49. The van der Waals surface area contributed by atoms with Gasteiger partial charge in [-0.1, -0.05) is 6.07 Å². The molecule has 1 aliphatic heterocycles. The van der Waals surface area contributed by atoms with Gasteiger partial charge in [0.1, 0.15) is 5.75 Å². The second-order valence-electron chi connectivity index (χ2n) is 3.67. The number of methoxy groups -OCH3 is 1. The van der Waals surface area contributed by atoms with E-state index in [1.54, 1.807) is 7.11 Å². The molecule has 1 atom stereocenters. The zero-order chi connectivity index (χ0) is 9.80. The van der Waals surface area contributed by atoms with Crippen LogP contribution < -0.4 is 15.4 Å². The Labute approximate surface area is 84.5 Å². The van der Waals surface area contributed by atoms with Crippen LogP contribution in [0, 0.1) is 0 Å². The molecule has 2 rings (SSSR count). The zero-order valence-electron chi connectivity index (χ0n) is 8.49. The van der Waals surface area contributed by atoms with Gasteiger partial charge in [0.05, 0.1) is 26.2 Å². The first-order chi connectivity index (χ1) is 6.88. The number of anilines is 1. The lowest BCUT2D eigenvalue weighted by molar-refractivity contribution is -0.636. The monoisotopic (exact) mass is 193 g/mol. The second kappa shape index (κ2) is 4.33. The van der Waals surface area contributed by atoms with Crippen LogP contribution in [-0.2, 0) is 0 Å². The first kappa shape index (κ1) is 9.34. The van der Waals surface area contributed by atoms with Crippen LogP contribution in [0.2, 0.25) is 0 Å². The summed E-state index contributed by atoms with van der Waals surface area (Å²) in [5.41, 5.74) is 1.16. The molecular formula is C11H17N2O+. The maximum atomic E-state index is 5.17. The minimum absolute atomic E-state index is 0.613. The predicted molar refractivity (Wildman–Crippen MR) is 56.7 cm³/mol. The van der Waals surface area contributed by atoms with Crippen molar-refractivity contribution in [2.45, 2.75) is 12.5 Å². The molecular weight excluding hydrogens is 176 g/mol. The van der Waals surface area contributed by atoms with Crippen LogP contribution in [0.15, 0.2) is 24.3 Å². The third-order valence-corrected chi connectivity index (χ3v) is 2.61. The quantitative estimate of drug-likeness (QED) is 0.731. The molecule has 1 aromatic rings. The van der Waals surface area contributed by atoms with Crippen LogP contribution in [0.4, 0.5) is 5.69 Å². The van der Waals surface area contributed by atoms with Crippen LogP contribution >= 0.6 is 0 Å². The largest absolute Gasteiger partial charge is 0.497 e. The van der Waals surface area contributed by atoms with Gasteiger partial charge in [0.2, 0.25) is 0 Å². The summed E-state index contributed by atoms with van der Waals surface area (Å²) in [6.07, 6.45) is 1.25. The van der Waals surface area contributed by atoms with Crippen molar-refractivity contribution in [3.63, 3.8) is 0 Å². The van der Waals surface area contributed by atoms with Crippen LogP contribution in [0.5, 0.6) is 5.75 Å². The van der Waals surface area contributed by atoms with Crippen molar-refractivity contribution in [1.82, 2.24) is 0 Å². The maximum Gasteiger partial charge on any atom is 0.120 e. The van der Waals surface area contributed by atoms with Crippen LogP contribution in [0.3, 0.4) is 0 Å². The van der Waals surface area contributed by atoms with Crippen molar-refractivity contribution < 1.29 is 10.1 Å². The van der Waals surface area contributed by atoms with Crippen LogP contribution in [0.1, 0.15) is 6.42 Å². The van der Waals surface area contributed by atoms with Gasteiger partial charge in [0.25, 0.3) is 0 Å². The summed E-state index contributed by atoms with van der Waals surface area (Å²) in [5, 5.41) is 5.85. The minimum atomic E-state index is 0.613. The van der Waals surface area contributed by atoms with E-state index in [0.717, 1.165) is 11.4 Å². The van der Waals surface area contributed by atoms with Gasteiger partial charge in [0, 0.05) is 18.2 Å². The second-order valence-corrected chi connectivity index (χ2v) is 3.67. The third kappa shape index (κ3) is 2.17. The van der Waals surface area contributed by atoms with E-state index in [0.29, 0.717) is 6.04 Å². The first-order valence-electron chi connectivity index (χ1n) is 5.11. The summed E-state index contributed by atoms with van der Waals surface area (Å²) >= 11 is 0. The van der Waals surface area contributed by atoms with Gasteiger partial charge >= 0.3 is 0 Å². The van der Waals surface area contributed by atoms with Gasteiger partial charge in [-0.05, 0) is 12.1 Å². The lowest BCUT2D eigenvalue weighted by atomic mass is 10.2. The molecule has 76 valence electrons. The topological polar surface area (TPSA) is 37.9 Å². The molecule has 1 aromatic carbocycles. The first-order valence-corrected chi connectivity index (χ1v) is 5.11. The summed E-state index contributed by atoms with van der Waals surface area (Å²) < 4.78 is 5.17. The highest BCUT2D eigenvalue weighted by Gasteiger charge is 2.17. The fraction of sp³-hybridized carbons (Fsp3) is 0.455. The molecule has 0 radical (unpaired) electrons. The van der Waals surface area contributed by atoms with E-state index in [2.05, 4.69) is 16.7 Å². The van der Waals surface area contributed by atoms with Gasteiger partial charge in [-0.2, -0.15) is 0 Å². The summed E-state index contributed by atoms with van der Waals surface area (Å²) in [7, 11) is 1.70. The highest BCUT2D eigenvalue weighted by atomic mass is 16.5. The smallest absolute Gasteiger partial charge is 0.120 e. The Morgan fingerprint density at radius 2 is 2.43 bits per heavy atom. The summed E-state index contributed by atoms with van der Waals surface area (Å²) in [6, 6.07) is 8.72. The molecule has 0 amide bonds. The number of hydrogen-bond donors (Lipinski definition) is 2. The van der Waals surface area contributed by atoms with Crippen molar-refractivity contribution in [2.24, 2.45) is 0 Å². The lowest BCUT2D eigenvalue weighted by Gasteiger charge is -2.11. The molecule has 0 aliphatic carbocycles. The fourth-order valence-electron chi connectivity index (χ4n) is 1.84. The molecule has 14 heavy (non-hydrogen) atoms. The van der Waals surface area contributed by atoms with E-state index < -0.39 is 0 Å². The average Bonchev–Trinajstić information content (AvgIpc) is 2.71. The molecule has 0 aromatic heterocycles. The Morgan fingerprint density at radius 1 is 1.50 bits per heavy atom. The Balaban J connectivity index is 2.00. The molecule has 3 nitrogen and oxygen atoms in total. The average molecular weight is 193 g/mol. The summed E-state index contributed by atoms with van der Waals surface area (Å²) in [6.45, 7) is 2.42. The van der Waals surface area contributed by atoms with Crippen molar-refractivity contribution in [2.75, 3.05) is 25.5 Å². The molecule has 0 saturated carbocycles. The fourth-order valence-corrected chi connectivity index (χ4v) is 1.84. The van der Waals surface area contributed by atoms with Crippen molar-refractivity contribution in [3.05, 3.63) is 24.3 Å². The highest BCUT2D eigenvalue weighted by molar-refractivity contribution is 5.48. The van der Waals surface area contributed by atoms with Gasteiger partial charge in [0.15, 0.2) is 0 Å². The van der Waals surface area contributed by atoms with Crippen LogP contribution in [0.25, 0.3) is 0 Å². The van der Waals surface area contributed by atoms with E-state index in [-0.39, 0.29) is 0 Å². The van der Waals surface area contributed by atoms with Crippen molar-refractivity contribution in [3.8, 4) is 5.75 Å². The van der Waals surface area contributed by atoms with E-state index in [1.807, 2.05) is 18.2 Å². The molecule has 3 heteroatoms. The normalized spacial score (nSPS) is 20.8. The van der Waals surface area contributed by atoms with Gasteiger partial charge in [-0.25, -0.2) is 0 Å². The SMILES string of the molecule is COc1cccc(N[C@H]2CC[NH2+]C2)c1. The number of nitrogens with two attached hydrogens (primary N) is 1. The summed E-state index contributed by atoms with van der Waals surface area (Å²) in [5.74, 6) is 0.914. The lowest BCUT2D eigenvalue weighted by Crippen LogP contribution is -2.81. The number of benzene rings is 1. The number of ether oxygens (including phenoxy) is 1. The number of quaternary nitrogens is 1. The van der Waals surface area contributed by atoms with Crippen molar-refractivity contribution >= 4 is 5.69 Å². The molecule has 3 N–H and O–H groups in total. The molecule has 0 spiro atoms. The van der Waals surface area contributed by atoms with Gasteiger partial charge in [-0.3, -0.25) is 0 Å².